The van der Waals surface area contributed by atoms with E-state index in [0.29, 0.717) is 37.4 Å². The molecular formula is C20H29BO8. The van der Waals surface area contributed by atoms with Gasteiger partial charge in [-0.15, -0.1) is 0 Å². The smallest absolute Gasteiger partial charge is 0.424 e. The predicted octanol–water partition coefficient (Wildman–Crippen LogP) is 2.68. The molecule has 0 unspecified atom stereocenters. The zero-order chi connectivity index (χ0) is 21.6. The Morgan fingerprint density at radius 3 is 2.52 bits per heavy atom. The first kappa shape index (κ1) is 23.1. The van der Waals surface area contributed by atoms with Gasteiger partial charge in [0.05, 0.1) is 12.3 Å². The second-order valence-electron chi connectivity index (χ2n) is 7.28. The van der Waals surface area contributed by atoms with Gasteiger partial charge in [-0.1, -0.05) is 26.0 Å². The maximum atomic E-state index is 12.3. The van der Waals surface area contributed by atoms with Crippen LogP contribution in [0.3, 0.4) is 0 Å². The fourth-order valence-corrected chi connectivity index (χ4v) is 3.45. The van der Waals surface area contributed by atoms with Crippen molar-refractivity contribution in [3.8, 4) is 5.75 Å². The van der Waals surface area contributed by atoms with Crippen molar-refractivity contribution in [3.05, 3.63) is 35.4 Å². The van der Waals surface area contributed by atoms with Crippen LogP contribution >= 0.6 is 0 Å². The van der Waals surface area contributed by atoms with Crippen molar-refractivity contribution < 1.29 is 38.9 Å². The van der Waals surface area contributed by atoms with Crippen LogP contribution < -0.4 is 0 Å². The molecule has 0 aliphatic carbocycles. The van der Waals surface area contributed by atoms with E-state index in [9.17, 15) is 24.7 Å². The van der Waals surface area contributed by atoms with Crippen LogP contribution in [0.4, 0.5) is 0 Å². The summed E-state index contributed by atoms with van der Waals surface area (Å²) in [5.41, 5.74) is 0.280. The number of carbonyl (C=O) groups excluding carboxylic acids is 2. The maximum Gasteiger partial charge on any atom is 0.424 e. The first-order valence-corrected chi connectivity index (χ1v) is 10.0. The number of ether oxygens (including phenoxy) is 2. The molecule has 0 spiro atoms. The van der Waals surface area contributed by atoms with E-state index in [0.717, 1.165) is 0 Å². The van der Waals surface area contributed by atoms with Gasteiger partial charge in [0, 0.05) is 0 Å². The third-order valence-corrected chi connectivity index (χ3v) is 5.37. The van der Waals surface area contributed by atoms with E-state index in [1.165, 1.54) is 6.07 Å². The van der Waals surface area contributed by atoms with E-state index in [1.807, 2.05) is 20.8 Å². The number of aromatic hydroxyl groups is 1. The molecule has 1 aromatic carbocycles. The molecule has 0 amide bonds. The number of esters is 2. The summed E-state index contributed by atoms with van der Waals surface area (Å²) in [5, 5.41) is 30.7. The Hall–Kier alpha value is -2.23. The lowest BCUT2D eigenvalue weighted by Crippen LogP contribution is -2.39. The highest BCUT2D eigenvalue weighted by Crippen LogP contribution is 2.43. The topological polar surface area (TPSA) is 123 Å². The normalized spacial score (nSPS) is 18.1. The molecule has 1 aromatic rings. The zero-order valence-electron chi connectivity index (χ0n) is 17.1. The summed E-state index contributed by atoms with van der Waals surface area (Å²) in [5.74, 6) is -2.45. The highest BCUT2D eigenvalue weighted by Gasteiger charge is 2.49. The Bertz CT molecular complexity index is 716. The van der Waals surface area contributed by atoms with Crippen LogP contribution in [0.15, 0.2) is 18.2 Å². The van der Waals surface area contributed by atoms with Crippen LogP contribution in [0, 0.1) is 12.0 Å². The lowest BCUT2D eigenvalue weighted by atomic mass is 9.62. The standard InChI is InChI=1S/C20H29BO8/c1-4-13(5-2)19(23)27-12-28-20(24)17-9-7-8-14(18(17)22)10-15-11-16(6-3)29-21(15,25)26/h7-9,13,15,22,25-26H,4-6,10-12H2,1-3H3/t15-/m1/s1. The molecule has 9 heteroatoms. The molecule has 0 aromatic heterocycles. The average Bonchev–Trinajstić information content (AvgIpc) is 2.98. The monoisotopic (exact) mass is 408 g/mol. The third-order valence-electron chi connectivity index (χ3n) is 5.37. The number of carbonyl (C=O) groups is 2. The largest absolute Gasteiger partial charge is 0.557 e. The van der Waals surface area contributed by atoms with Crippen molar-refractivity contribution in [2.45, 2.75) is 58.7 Å². The summed E-state index contributed by atoms with van der Waals surface area (Å²) in [7, 11) is 0. The highest BCUT2D eigenvalue weighted by atomic mass is 16.7. The van der Waals surface area contributed by atoms with Crippen molar-refractivity contribution in [2.75, 3.05) is 6.79 Å². The Morgan fingerprint density at radius 1 is 1.24 bits per heavy atom. The SMILES string of the molecule is CC[C+]1C[C@@H](Cc2cccc(C(=O)OCOC(=O)C(CC)CC)c2O)[B-](O)(O)O1. The Kier molecular flexibility index (Phi) is 7.95. The zero-order valence-corrected chi connectivity index (χ0v) is 17.1. The minimum absolute atomic E-state index is 0.0892. The number of phenols is 1. The van der Waals surface area contributed by atoms with Crippen molar-refractivity contribution in [3.63, 3.8) is 0 Å². The summed E-state index contributed by atoms with van der Waals surface area (Å²) < 4.78 is 15.1. The van der Waals surface area contributed by atoms with Crippen LogP contribution in [0.5, 0.6) is 5.75 Å². The summed E-state index contributed by atoms with van der Waals surface area (Å²) in [6, 6.07) is 4.54. The van der Waals surface area contributed by atoms with Gasteiger partial charge in [-0.05, 0) is 43.6 Å². The third kappa shape index (κ3) is 5.65. The number of hydrogen-bond donors (Lipinski definition) is 3. The van der Waals surface area contributed by atoms with Crippen LogP contribution in [-0.2, 0) is 25.3 Å². The summed E-state index contributed by atoms with van der Waals surface area (Å²) in [6.07, 6.45) is 2.90. The quantitative estimate of drug-likeness (QED) is 0.247. The van der Waals surface area contributed by atoms with Gasteiger partial charge in [-0.3, -0.25) is 4.79 Å². The molecule has 2 rings (SSSR count). The molecule has 160 valence electrons. The van der Waals surface area contributed by atoms with Crippen molar-refractivity contribution in [1.29, 1.82) is 0 Å². The van der Waals surface area contributed by atoms with Gasteiger partial charge >= 0.3 is 18.7 Å². The van der Waals surface area contributed by atoms with Crippen molar-refractivity contribution in [1.82, 2.24) is 0 Å². The summed E-state index contributed by atoms with van der Waals surface area (Å²) in [4.78, 5) is 24.1. The molecule has 8 nitrogen and oxygen atoms in total. The molecule has 1 aliphatic heterocycles. The predicted molar refractivity (Wildman–Crippen MR) is 105 cm³/mol. The fourth-order valence-electron chi connectivity index (χ4n) is 3.45. The molecule has 29 heavy (non-hydrogen) atoms. The number of para-hydroxylation sites is 1. The number of rotatable bonds is 9. The fraction of sp³-hybridized carbons (Fsp3) is 0.550. The van der Waals surface area contributed by atoms with E-state index in [1.54, 1.807) is 12.1 Å². The van der Waals surface area contributed by atoms with Gasteiger partial charge in [0.15, 0.2) is 6.10 Å². The van der Waals surface area contributed by atoms with E-state index in [-0.39, 0.29) is 23.7 Å². The molecule has 0 bridgehead atoms. The second kappa shape index (κ2) is 10.0. The van der Waals surface area contributed by atoms with E-state index in [2.05, 4.69) is 0 Å². The Morgan fingerprint density at radius 2 is 1.93 bits per heavy atom. The average molecular weight is 408 g/mol. The van der Waals surface area contributed by atoms with Crippen LogP contribution in [-0.4, -0.2) is 40.6 Å². The van der Waals surface area contributed by atoms with Crippen LogP contribution in [0.1, 0.15) is 62.4 Å². The van der Waals surface area contributed by atoms with Gasteiger partial charge in [0.2, 0.25) is 6.79 Å². The van der Waals surface area contributed by atoms with Gasteiger partial charge in [-0.25, -0.2) is 4.79 Å². The minimum Gasteiger partial charge on any atom is -0.557 e. The van der Waals surface area contributed by atoms with Gasteiger partial charge in [0.25, 0.3) is 0 Å². The lowest BCUT2D eigenvalue weighted by Gasteiger charge is -2.24. The minimum atomic E-state index is -3.02. The molecular weight excluding hydrogens is 379 g/mol. The molecule has 1 atom stereocenters. The maximum absolute atomic E-state index is 12.3. The summed E-state index contributed by atoms with van der Waals surface area (Å²) in [6.45, 7) is 2.04. The summed E-state index contributed by atoms with van der Waals surface area (Å²) >= 11 is 0. The highest BCUT2D eigenvalue weighted by molar-refractivity contribution is 6.60. The molecule has 3 N–H and O–H groups in total. The molecule has 1 fully saturated rings. The first-order valence-electron chi connectivity index (χ1n) is 10.0. The first-order chi connectivity index (χ1) is 13.7. The molecule has 0 radical (unpaired) electrons. The van der Waals surface area contributed by atoms with Crippen LogP contribution in [0.2, 0.25) is 5.82 Å². The molecule has 1 aliphatic rings. The van der Waals surface area contributed by atoms with Gasteiger partial charge in [0.1, 0.15) is 17.7 Å². The van der Waals surface area contributed by atoms with E-state index >= 15 is 0 Å². The molecule has 1 heterocycles. The second-order valence-corrected chi connectivity index (χ2v) is 7.28. The molecule has 0 saturated carbocycles. The van der Waals surface area contributed by atoms with Crippen LogP contribution in [0.25, 0.3) is 0 Å². The van der Waals surface area contributed by atoms with Crippen molar-refractivity contribution in [2.24, 2.45) is 5.92 Å². The Balaban J connectivity index is 2.01. The number of phenolic OH excluding ortho intramolecular Hbond substituents is 1. The van der Waals surface area contributed by atoms with Gasteiger partial charge in [-0.2, -0.15) is 0 Å². The van der Waals surface area contributed by atoms with Gasteiger partial charge < -0.3 is 29.3 Å². The number of hydrogen-bond acceptors (Lipinski definition) is 8. The Labute approximate surface area is 170 Å². The number of benzene rings is 1. The molecule has 1 saturated heterocycles. The van der Waals surface area contributed by atoms with E-state index < -0.39 is 31.3 Å². The van der Waals surface area contributed by atoms with E-state index in [4.69, 9.17) is 14.1 Å². The lowest BCUT2D eigenvalue weighted by molar-refractivity contribution is -0.157. The van der Waals surface area contributed by atoms with Crippen molar-refractivity contribution >= 4 is 18.7 Å².